The van der Waals surface area contributed by atoms with Crippen molar-refractivity contribution in [2.24, 2.45) is 15.1 Å². The predicted octanol–water partition coefficient (Wildman–Crippen LogP) is 8.42. The molecule has 11 rings (SSSR count). The number of benzene rings is 6. The molecule has 0 saturated carbocycles. The van der Waals surface area contributed by atoms with Crippen LogP contribution in [0.5, 0.6) is 28.7 Å². The van der Waals surface area contributed by atoms with Gasteiger partial charge in [-0.25, -0.2) is 10.2 Å². The second kappa shape index (κ2) is 27.4. The van der Waals surface area contributed by atoms with Crippen LogP contribution in [0.2, 0.25) is 0 Å². The molecule has 22 nitrogen and oxygen atoms in total. The second-order valence-corrected chi connectivity index (χ2v) is 21.3. The number of carbonyl (C=O) groups is 7. The maximum absolute atomic E-state index is 14.1. The highest BCUT2D eigenvalue weighted by Crippen LogP contribution is 2.43. The minimum absolute atomic E-state index is 0.0335. The molecule has 1 saturated heterocycles. The molecule has 5 aliphatic rings. The highest BCUT2D eigenvalue weighted by molar-refractivity contribution is 6.16. The highest BCUT2D eigenvalue weighted by atomic mass is 16.7. The molecule has 22 heteroatoms. The molecular weight excluding hydrogens is 1130 g/mol. The Morgan fingerprint density at radius 1 is 0.580 bits per heavy atom. The number of rotatable bonds is 26. The molecule has 6 aromatic carbocycles. The van der Waals surface area contributed by atoms with Crippen molar-refractivity contribution in [3.8, 4) is 28.7 Å². The van der Waals surface area contributed by atoms with E-state index in [-0.39, 0.29) is 94.9 Å². The van der Waals surface area contributed by atoms with E-state index in [0.717, 1.165) is 28.1 Å². The number of anilines is 2. The van der Waals surface area contributed by atoms with Gasteiger partial charge in [0.25, 0.3) is 23.6 Å². The van der Waals surface area contributed by atoms with Gasteiger partial charge in [0.2, 0.25) is 11.8 Å². The van der Waals surface area contributed by atoms with Crippen molar-refractivity contribution in [3.05, 3.63) is 160 Å². The number of hydrazone groups is 1. The van der Waals surface area contributed by atoms with Crippen LogP contribution in [0.15, 0.2) is 136 Å². The number of unbranched alkanes of at least 4 members (excludes halogenated alkanes) is 1. The van der Waals surface area contributed by atoms with E-state index in [2.05, 4.69) is 15.8 Å². The lowest BCUT2D eigenvalue weighted by Crippen LogP contribution is -2.37. The fourth-order valence-corrected chi connectivity index (χ4v) is 11.0. The Bertz CT molecular complexity index is 3600. The first kappa shape index (κ1) is 59.5. The Labute approximate surface area is 507 Å². The topological polar surface area (TPSA) is 255 Å². The van der Waals surface area contributed by atoms with Crippen LogP contribution in [0.25, 0.3) is 0 Å². The van der Waals surface area contributed by atoms with Crippen molar-refractivity contribution in [1.82, 2.24) is 15.8 Å². The largest absolute Gasteiger partial charge is 0.493 e. The van der Waals surface area contributed by atoms with Crippen molar-refractivity contribution in [2.45, 2.75) is 89.5 Å². The molecule has 5 heterocycles. The molecule has 0 unspecified atom stereocenters. The number of carbonyl (C=O) groups excluding carboxylic acids is 7. The molecule has 0 spiro atoms. The van der Waals surface area contributed by atoms with Crippen LogP contribution in [0.3, 0.4) is 0 Å². The zero-order valence-corrected chi connectivity index (χ0v) is 48.6. The van der Waals surface area contributed by atoms with Gasteiger partial charge in [0.15, 0.2) is 23.0 Å². The number of hydroxylamine groups is 2. The van der Waals surface area contributed by atoms with Crippen LogP contribution in [-0.4, -0.2) is 117 Å². The lowest BCUT2D eigenvalue weighted by molar-refractivity contribution is -0.197. The van der Waals surface area contributed by atoms with Crippen LogP contribution < -0.4 is 44.2 Å². The van der Waals surface area contributed by atoms with E-state index < -0.39 is 23.7 Å². The van der Waals surface area contributed by atoms with Gasteiger partial charge in [-0.15, -0.1) is 5.06 Å². The third kappa shape index (κ3) is 13.7. The third-order valence-corrected chi connectivity index (χ3v) is 15.4. The summed E-state index contributed by atoms with van der Waals surface area (Å²) in [6, 6.07) is 36.9. The molecule has 452 valence electrons. The molecule has 5 aliphatic heterocycles. The fourth-order valence-electron chi connectivity index (χ4n) is 11.0. The van der Waals surface area contributed by atoms with Crippen molar-refractivity contribution in [1.29, 1.82) is 0 Å². The number of fused-ring (bicyclic) bond motifs is 8. The molecule has 0 radical (unpaired) electrons. The summed E-state index contributed by atoms with van der Waals surface area (Å²) in [4.78, 5) is 107. The number of methoxy groups -OCH3 is 2. The molecule has 2 N–H and O–H groups in total. The summed E-state index contributed by atoms with van der Waals surface area (Å²) < 4.78 is 36.6. The molecule has 6 aromatic rings. The Hall–Kier alpha value is -10.2. The van der Waals surface area contributed by atoms with Gasteiger partial charge in [0.05, 0.1) is 74.2 Å². The number of amides is 6. The minimum atomic E-state index is -0.885. The van der Waals surface area contributed by atoms with Crippen LogP contribution in [0.4, 0.5) is 22.7 Å². The van der Waals surface area contributed by atoms with Crippen LogP contribution in [0, 0.1) is 0 Å². The molecule has 0 aromatic heterocycles. The maximum Gasteiger partial charge on any atom is 0.333 e. The number of hydrogen-bond acceptors (Lipinski definition) is 17. The summed E-state index contributed by atoms with van der Waals surface area (Å²) in [5.74, 6) is -1.23. The van der Waals surface area contributed by atoms with Crippen molar-refractivity contribution in [3.63, 3.8) is 0 Å². The summed E-state index contributed by atoms with van der Waals surface area (Å²) in [5, 5.41) is 7.68. The van der Waals surface area contributed by atoms with E-state index in [1.54, 1.807) is 46.5 Å². The molecule has 6 amide bonds. The zero-order valence-electron chi connectivity index (χ0n) is 48.6. The van der Waals surface area contributed by atoms with Gasteiger partial charge in [0, 0.05) is 81.0 Å². The van der Waals surface area contributed by atoms with E-state index >= 15 is 0 Å². The van der Waals surface area contributed by atoms with E-state index in [1.165, 1.54) is 14.2 Å². The number of hydrogen-bond donors (Lipinski definition) is 2. The third-order valence-electron chi connectivity index (χ3n) is 15.4. The van der Waals surface area contributed by atoms with E-state index in [0.29, 0.717) is 112 Å². The van der Waals surface area contributed by atoms with Crippen molar-refractivity contribution in [2.75, 3.05) is 50.4 Å². The van der Waals surface area contributed by atoms with Crippen molar-refractivity contribution < 1.29 is 66.8 Å². The monoisotopic (exact) mass is 1190 g/mol. The lowest BCUT2D eigenvalue weighted by atomic mass is 10.0. The lowest BCUT2D eigenvalue weighted by Gasteiger charge is -2.22. The standard InChI is InChI=1S/C66H64N8O14/c1-82-56-33-49-52(68-37-46-31-44-14-6-8-17-54(44)72(46)65(49)80)35-58(56)86-39-41-28-42(40-87-59-36-53-50(34-57(59)83-2)66(81)73-47(38-69-53)32-45-15-7-9-18-55(45)73)30-48(29-41)85-27-26-84-25-23-60(75)67-24-11-10-16-51(43-12-4-3-5-13-43)70-71-61(76)19-22-64(79)88-74-62(77)20-21-63(74)78/h3-9,12-15,17-18,28-30,33-38,46-47H,10-11,16,19-27,31-32,39-40H2,1-2H3,(H,67,75)(H,71,76)/b70-51+/t46-,47-/m0/s1. The first-order valence-electron chi connectivity index (χ1n) is 29.1. The summed E-state index contributed by atoms with van der Waals surface area (Å²) in [7, 11) is 3.04. The zero-order chi connectivity index (χ0) is 61.1. The quantitative estimate of drug-likeness (QED) is 0.0224. The molecule has 0 bridgehead atoms. The number of imide groups is 1. The molecule has 88 heavy (non-hydrogen) atoms. The Morgan fingerprint density at radius 3 is 1.73 bits per heavy atom. The summed E-state index contributed by atoms with van der Waals surface area (Å²) >= 11 is 0. The number of nitrogens with zero attached hydrogens (tertiary/aromatic N) is 6. The average Bonchev–Trinajstić information content (AvgIpc) is 2.55. The number of aliphatic imine (C=N–C) groups is 2. The summed E-state index contributed by atoms with van der Waals surface area (Å²) in [5.41, 5.74) is 10.9. The van der Waals surface area contributed by atoms with Crippen LogP contribution in [-0.2, 0) is 59.6 Å². The molecular formula is C66H64N8O14. The SMILES string of the molecule is COc1cc2c(cc1OCc1cc(COc3cc4c(cc3OC)C(=O)N3c5ccccc5C[C@H]3C=N4)cc(OCCOCCC(=O)NCCCC/C(=N\NC(=O)CCC(=O)ON3C(=O)CCC3=O)c3ccccc3)c1)N=C[C@@H]1Cc3ccccc3N1C2=O. The van der Waals surface area contributed by atoms with E-state index in [4.69, 9.17) is 43.2 Å². The normalized spacial score (nSPS) is 16.2. The predicted molar refractivity (Wildman–Crippen MR) is 324 cm³/mol. The summed E-state index contributed by atoms with van der Waals surface area (Å²) in [6.45, 7) is 0.982. The minimum Gasteiger partial charge on any atom is -0.493 e. The van der Waals surface area contributed by atoms with E-state index in [9.17, 15) is 33.6 Å². The Balaban J connectivity index is 0.691. The second-order valence-electron chi connectivity index (χ2n) is 21.3. The molecule has 1 fully saturated rings. The Morgan fingerprint density at radius 2 is 1.15 bits per heavy atom. The van der Waals surface area contributed by atoms with Gasteiger partial charge in [0.1, 0.15) is 25.6 Å². The van der Waals surface area contributed by atoms with Crippen molar-refractivity contribution >= 4 is 82.3 Å². The maximum atomic E-state index is 14.1. The first-order chi connectivity index (χ1) is 42.9. The number of para-hydroxylation sites is 2. The smallest absolute Gasteiger partial charge is 0.333 e. The van der Waals surface area contributed by atoms with Gasteiger partial charge in [-0.3, -0.25) is 48.6 Å². The van der Waals surface area contributed by atoms with Crippen LogP contribution in [0.1, 0.15) is 99.9 Å². The summed E-state index contributed by atoms with van der Waals surface area (Å²) in [6.07, 6.45) is 6.07. The fraction of sp³-hybridized carbons (Fsp3) is 0.303. The van der Waals surface area contributed by atoms with Gasteiger partial charge >= 0.3 is 5.97 Å². The molecule has 0 aliphatic carbocycles. The van der Waals surface area contributed by atoms with Gasteiger partial charge in [-0.05, 0) is 89.5 Å². The van der Waals surface area contributed by atoms with Gasteiger partial charge in [-0.2, -0.15) is 5.10 Å². The van der Waals surface area contributed by atoms with Gasteiger partial charge < -0.3 is 38.6 Å². The highest BCUT2D eigenvalue weighted by Gasteiger charge is 2.39. The van der Waals surface area contributed by atoms with Gasteiger partial charge in [-0.1, -0.05) is 66.7 Å². The number of ether oxygens (including phenoxy) is 6. The first-order valence-corrected chi connectivity index (χ1v) is 29.1. The van der Waals surface area contributed by atoms with E-state index in [1.807, 2.05) is 97.1 Å². The molecule has 2 atom stereocenters. The Kier molecular flexibility index (Phi) is 18.6. The number of nitrogens with one attached hydrogen (secondary N) is 2. The van der Waals surface area contributed by atoms with Crippen LogP contribution >= 0.6 is 0 Å². The average molecular weight is 1190 g/mol.